The molecule has 0 unspecified atom stereocenters. The molecule has 2 aromatic rings. The Hall–Kier alpha value is -3.48. The predicted octanol–water partition coefficient (Wildman–Crippen LogP) is 3.78. The Labute approximate surface area is 173 Å². The highest BCUT2D eigenvalue weighted by Gasteiger charge is 2.39. The molecule has 3 heterocycles. The largest absolute Gasteiger partial charge is 0.493 e. The highest BCUT2D eigenvalue weighted by atomic mass is 16.6. The number of hydrogen-bond donors (Lipinski definition) is 0. The van der Waals surface area contributed by atoms with Gasteiger partial charge in [-0.05, 0) is 49.2 Å². The lowest BCUT2D eigenvalue weighted by Crippen LogP contribution is -2.22. The van der Waals surface area contributed by atoms with Crippen molar-refractivity contribution in [1.82, 2.24) is 0 Å². The van der Waals surface area contributed by atoms with Gasteiger partial charge in [-0.15, -0.1) is 0 Å². The summed E-state index contributed by atoms with van der Waals surface area (Å²) in [5, 5.41) is 0. The molecule has 30 heavy (non-hydrogen) atoms. The third-order valence-electron chi connectivity index (χ3n) is 5.46. The first kappa shape index (κ1) is 18.5. The van der Waals surface area contributed by atoms with Crippen LogP contribution in [0, 0.1) is 0 Å². The van der Waals surface area contributed by atoms with Crippen molar-refractivity contribution in [2.24, 2.45) is 0 Å². The highest BCUT2D eigenvalue weighted by molar-refractivity contribution is 6.13. The standard InChI is InChI=1S/C23H20O7/c1-11(2)21-20(25)13-4-5-15-19(22(13)30-21)14(10-18(24)29-15)12-8-16(26-3)23-17(9-12)27-6-7-28-23/h4-5,8-9,14H,6-7,10H2,1-3H3/t14-/m0/s1. The minimum Gasteiger partial charge on any atom is -0.493 e. The van der Waals surface area contributed by atoms with Crippen molar-refractivity contribution in [3.05, 3.63) is 52.3 Å². The van der Waals surface area contributed by atoms with E-state index in [2.05, 4.69) is 0 Å². The molecular formula is C23H20O7. The van der Waals surface area contributed by atoms with Crippen LogP contribution in [0.1, 0.15) is 47.7 Å². The highest BCUT2D eigenvalue weighted by Crippen LogP contribution is 2.51. The van der Waals surface area contributed by atoms with E-state index in [9.17, 15) is 9.59 Å². The number of fused-ring (bicyclic) bond motifs is 4. The van der Waals surface area contributed by atoms with Crippen LogP contribution in [0.2, 0.25) is 0 Å². The molecular weight excluding hydrogens is 388 g/mol. The van der Waals surface area contributed by atoms with E-state index in [1.165, 1.54) is 0 Å². The third kappa shape index (κ3) is 2.73. The first-order chi connectivity index (χ1) is 14.5. The lowest BCUT2D eigenvalue weighted by atomic mass is 9.84. The van der Waals surface area contributed by atoms with Gasteiger partial charge in [0.15, 0.2) is 17.3 Å². The number of hydrogen-bond acceptors (Lipinski definition) is 7. The lowest BCUT2D eigenvalue weighted by Gasteiger charge is -2.28. The van der Waals surface area contributed by atoms with E-state index in [4.69, 9.17) is 23.7 Å². The van der Waals surface area contributed by atoms with Gasteiger partial charge < -0.3 is 23.7 Å². The average Bonchev–Trinajstić information content (AvgIpc) is 3.09. The molecule has 7 nitrogen and oxygen atoms in total. The van der Waals surface area contributed by atoms with E-state index < -0.39 is 0 Å². The van der Waals surface area contributed by atoms with E-state index in [-0.39, 0.29) is 24.1 Å². The molecule has 0 amide bonds. The molecule has 0 saturated heterocycles. The van der Waals surface area contributed by atoms with Gasteiger partial charge in [0.1, 0.15) is 24.7 Å². The van der Waals surface area contributed by atoms with Crippen molar-refractivity contribution in [3.8, 4) is 28.7 Å². The van der Waals surface area contributed by atoms with E-state index in [1.54, 1.807) is 19.2 Å². The molecule has 7 heteroatoms. The molecule has 0 N–H and O–H groups in total. The van der Waals surface area contributed by atoms with Crippen molar-refractivity contribution >= 4 is 11.8 Å². The van der Waals surface area contributed by atoms with E-state index >= 15 is 0 Å². The molecule has 5 rings (SSSR count). The summed E-state index contributed by atoms with van der Waals surface area (Å²) < 4.78 is 28.4. The maximum atomic E-state index is 12.8. The Balaban J connectivity index is 1.70. The molecule has 0 radical (unpaired) electrons. The zero-order valence-corrected chi connectivity index (χ0v) is 16.9. The Morgan fingerprint density at radius 3 is 2.57 bits per heavy atom. The van der Waals surface area contributed by atoms with Crippen LogP contribution in [-0.2, 0) is 4.79 Å². The van der Waals surface area contributed by atoms with Crippen molar-refractivity contribution in [3.63, 3.8) is 0 Å². The zero-order valence-electron chi connectivity index (χ0n) is 16.9. The van der Waals surface area contributed by atoms with Gasteiger partial charge in [0, 0.05) is 11.5 Å². The number of ether oxygens (including phenoxy) is 5. The summed E-state index contributed by atoms with van der Waals surface area (Å²) in [4.78, 5) is 25.1. The van der Waals surface area contributed by atoms with Gasteiger partial charge >= 0.3 is 5.97 Å². The number of benzene rings is 2. The van der Waals surface area contributed by atoms with Crippen LogP contribution in [0.3, 0.4) is 0 Å². The monoisotopic (exact) mass is 408 g/mol. The van der Waals surface area contributed by atoms with Gasteiger partial charge in [-0.2, -0.15) is 0 Å². The van der Waals surface area contributed by atoms with Crippen molar-refractivity contribution in [2.45, 2.75) is 26.2 Å². The van der Waals surface area contributed by atoms with Gasteiger partial charge in [-0.3, -0.25) is 9.59 Å². The van der Waals surface area contributed by atoms with Gasteiger partial charge in [-0.1, -0.05) is 0 Å². The fraction of sp³-hybridized carbons (Fsp3) is 0.304. The normalized spacial score (nSPS) is 18.9. The number of Topliss-reactive ketones (excluding diaryl/α,β-unsaturated/α-hetero) is 1. The number of rotatable bonds is 2. The maximum absolute atomic E-state index is 12.8. The van der Waals surface area contributed by atoms with Gasteiger partial charge in [-0.25, -0.2) is 0 Å². The summed E-state index contributed by atoms with van der Waals surface area (Å²) in [5.41, 5.74) is 2.73. The summed E-state index contributed by atoms with van der Waals surface area (Å²) in [7, 11) is 1.56. The second-order valence-electron chi connectivity index (χ2n) is 7.59. The van der Waals surface area contributed by atoms with Crippen LogP contribution < -0.4 is 23.7 Å². The van der Waals surface area contributed by atoms with Crippen molar-refractivity contribution in [2.75, 3.05) is 20.3 Å². The van der Waals surface area contributed by atoms with E-state index in [1.807, 2.05) is 26.0 Å². The Morgan fingerprint density at radius 2 is 1.80 bits per heavy atom. The molecule has 3 aliphatic rings. The molecule has 0 spiro atoms. The SMILES string of the molecule is COc1cc([C@@H]2CC(=O)Oc3ccc4c(c32)OC(=C(C)C)C4=O)cc2c1OCCO2. The van der Waals surface area contributed by atoms with Crippen LogP contribution in [0.25, 0.3) is 0 Å². The number of carbonyl (C=O) groups excluding carboxylic acids is 2. The van der Waals surface area contributed by atoms with E-state index in [0.717, 1.165) is 11.1 Å². The van der Waals surface area contributed by atoms with Crippen LogP contribution >= 0.6 is 0 Å². The summed E-state index contributed by atoms with van der Waals surface area (Å²) in [6, 6.07) is 6.98. The number of esters is 1. The Morgan fingerprint density at radius 1 is 1.00 bits per heavy atom. The van der Waals surface area contributed by atoms with Crippen LogP contribution in [0.4, 0.5) is 0 Å². The van der Waals surface area contributed by atoms with Crippen LogP contribution in [0.5, 0.6) is 28.7 Å². The molecule has 154 valence electrons. The van der Waals surface area contributed by atoms with Crippen molar-refractivity contribution < 1.29 is 33.3 Å². The first-order valence-corrected chi connectivity index (χ1v) is 9.73. The van der Waals surface area contributed by atoms with E-state index in [0.29, 0.717) is 58.8 Å². The molecule has 3 aliphatic heterocycles. The number of allylic oxidation sites excluding steroid dienone is 2. The fourth-order valence-corrected chi connectivity index (χ4v) is 4.10. The Kier molecular flexibility index (Phi) is 4.20. The number of carbonyl (C=O) groups is 2. The minimum absolute atomic E-state index is 0.105. The van der Waals surface area contributed by atoms with Crippen LogP contribution in [0.15, 0.2) is 35.6 Å². The predicted molar refractivity (Wildman–Crippen MR) is 106 cm³/mol. The molecule has 1 atom stereocenters. The van der Waals surface area contributed by atoms with Crippen LogP contribution in [-0.4, -0.2) is 32.1 Å². The summed E-state index contributed by atoms with van der Waals surface area (Å²) in [6.45, 7) is 4.53. The molecule has 2 aromatic carbocycles. The molecule has 0 aromatic heterocycles. The topological polar surface area (TPSA) is 80.3 Å². The third-order valence-corrected chi connectivity index (χ3v) is 5.46. The number of ketones is 1. The average molecular weight is 408 g/mol. The molecule has 0 saturated carbocycles. The fourth-order valence-electron chi connectivity index (χ4n) is 4.10. The lowest BCUT2D eigenvalue weighted by molar-refractivity contribution is -0.135. The Bertz CT molecular complexity index is 1110. The maximum Gasteiger partial charge on any atom is 0.312 e. The molecule has 0 aliphatic carbocycles. The smallest absolute Gasteiger partial charge is 0.312 e. The van der Waals surface area contributed by atoms with Gasteiger partial charge in [0.05, 0.1) is 19.1 Å². The second-order valence-corrected chi connectivity index (χ2v) is 7.59. The summed E-state index contributed by atoms with van der Waals surface area (Å²) in [5.74, 6) is 1.88. The summed E-state index contributed by atoms with van der Waals surface area (Å²) >= 11 is 0. The van der Waals surface area contributed by atoms with Gasteiger partial charge in [0.2, 0.25) is 11.5 Å². The summed E-state index contributed by atoms with van der Waals surface area (Å²) in [6.07, 6.45) is 0.105. The van der Waals surface area contributed by atoms with Crippen molar-refractivity contribution in [1.29, 1.82) is 0 Å². The molecule has 0 fully saturated rings. The second kappa shape index (κ2) is 6.79. The first-order valence-electron chi connectivity index (χ1n) is 9.73. The zero-order chi connectivity index (χ0) is 21.0. The number of methoxy groups -OCH3 is 1. The minimum atomic E-state index is -0.384. The molecule has 0 bridgehead atoms. The quantitative estimate of drug-likeness (QED) is 0.425. The van der Waals surface area contributed by atoms with Gasteiger partial charge in [0.25, 0.3) is 0 Å².